The molecular formula is C28H23Cl2N3O2. The number of hydrogen-bond acceptors (Lipinski definition) is 4. The minimum Gasteiger partial charge on any atom is -0.457 e. The molecule has 1 heterocycles. The number of anilines is 1. The van der Waals surface area contributed by atoms with Gasteiger partial charge in [0.1, 0.15) is 11.5 Å². The van der Waals surface area contributed by atoms with Crippen molar-refractivity contribution >= 4 is 45.8 Å². The summed E-state index contributed by atoms with van der Waals surface area (Å²) in [5.41, 5.74) is 2.60. The third kappa shape index (κ3) is 3.33. The van der Waals surface area contributed by atoms with E-state index in [4.69, 9.17) is 37.9 Å². The van der Waals surface area contributed by atoms with E-state index in [1.807, 2.05) is 54.6 Å². The molecule has 2 bridgehead atoms. The molecule has 4 aromatic rings. The third-order valence-electron chi connectivity index (χ3n) is 7.73. The topological polar surface area (TPSA) is 64.1 Å². The van der Waals surface area contributed by atoms with Gasteiger partial charge < -0.3 is 10.1 Å². The highest BCUT2D eigenvalue weighted by molar-refractivity contribution is 6.42. The van der Waals surface area contributed by atoms with Crippen LogP contribution in [0.15, 0.2) is 66.7 Å². The van der Waals surface area contributed by atoms with E-state index >= 15 is 0 Å². The van der Waals surface area contributed by atoms with Crippen LogP contribution in [0.3, 0.4) is 0 Å². The van der Waals surface area contributed by atoms with E-state index in [-0.39, 0.29) is 17.2 Å². The van der Waals surface area contributed by atoms with Gasteiger partial charge in [0, 0.05) is 11.6 Å². The van der Waals surface area contributed by atoms with Crippen molar-refractivity contribution in [1.29, 1.82) is 0 Å². The number of carbonyl (C=O) groups is 1. The molecule has 2 atom stereocenters. The van der Waals surface area contributed by atoms with Gasteiger partial charge in [-0.1, -0.05) is 55.2 Å². The zero-order chi connectivity index (χ0) is 24.4. The van der Waals surface area contributed by atoms with Crippen molar-refractivity contribution in [1.82, 2.24) is 9.97 Å². The number of para-hydroxylation sites is 1. The highest BCUT2D eigenvalue weighted by Crippen LogP contribution is 2.67. The molecule has 35 heavy (non-hydrogen) atoms. The van der Waals surface area contributed by atoms with Crippen molar-refractivity contribution in [3.8, 4) is 11.5 Å². The Balaban J connectivity index is 1.33. The number of amides is 1. The number of carbonyl (C=O) groups excluding carboxylic acids is 1. The van der Waals surface area contributed by atoms with Crippen LogP contribution >= 0.6 is 23.2 Å². The van der Waals surface area contributed by atoms with Gasteiger partial charge in [-0.3, -0.25) is 4.79 Å². The van der Waals surface area contributed by atoms with Crippen molar-refractivity contribution in [2.75, 3.05) is 5.32 Å². The lowest BCUT2D eigenvalue weighted by molar-refractivity contribution is -0.124. The molecule has 0 radical (unpaired) electrons. The van der Waals surface area contributed by atoms with Gasteiger partial charge in [-0.05, 0) is 66.8 Å². The van der Waals surface area contributed by atoms with Crippen LogP contribution in [0.1, 0.15) is 44.0 Å². The molecule has 0 aliphatic heterocycles. The first-order valence-corrected chi connectivity index (χ1v) is 12.4. The smallest absolute Gasteiger partial charge is 0.237 e. The molecule has 2 aliphatic carbocycles. The van der Waals surface area contributed by atoms with E-state index in [0.29, 0.717) is 32.5 Å². The maximum atomic E-state index is 13.9. The number of fused-ring (bicyclic) bond motifs is 6. The molecule has 0 spiro atoms. The fraction of sp³-hybridized carbons (Fsp3) is 0.250. The Morgan fingerprint density at radius 2 is 1.57 bits per heavy atom. The summed E-state index contributed by atoms with van der Waals surface area (Å²) in [6.07, 6.45) is 1.61. The van der Waals surface area contributed by atoms with Crippen molar-refractivity contribution in [2.24, 2.45) is 5.41 Å². The Kier molecular flexibility index (Phi) is 5.06. The normalized spacial score (nSPS) is 21.7. The van der Waals surface area contributed by atoms with Crippen molar-refractivity contribution < 1.29 is 9.53 Å². The van der Waals surface area contributed by atoms with Gasteiger partial charge in [0.15, 0.2) is 0 Å². The average Bonchev–Trinajstić information content (AvgIpc) is 3.21. The molecule has 1 saturated carbocycles. The van der Waals surface area contributed by atoms with Crippen LogP contribution in [0.2, 0.25) is 10.0 Å². The Morgan fingerprint density at radius 1 is 0.943 bits per heavy atom. The van der Waals surface area contributed by atoms with Crippen LogP contribution in [0.4, 0.5) is 5.69 Å². The van der Waals surface area contributed by atoms with Crippen molar-refractivity contribution in [2.45, 2.75) is 38.0 Å². The molecule has 1 amide bonds. The highest BCUT2D eigenvalue weighted by Gasteiger charge is 2.67. The van der Waals surface area contributed by atoms with Crippen LogP contribution < -0.4 is 10.1 Å². The summed E-state index contributed by atoms with van der Waals surface area (Å²) >= 11 is 12.5. The van der Waals surface area contributed by atoms with Crippen LogP contribution in [0.25, 0.3) is 11.0 Å². The van der Waals surface area contributed by atoms with Gasteiger partial charge in [0.25, 0.3) is 0 Å². The monoisotopic (exact) mass is 503 g/mol. The largest absolute Gasteiger partial charge is 0.457 e. The van der Waals surface area contributed by atoms with Crippen LogP contribution in [0.5, 0.6) is 11.5 Å². The second-order valence-corrected chi connectivity index (χ2v) is 10.6. The zero-order valence-electron chi connectivity index (χ0n) is 19.3. The predicted octanol–water partition coefficient (Wildman–Crippen LogP) is 7.52. The van der Waals surface area contributed by atoms with E-state index < -0.39 is 5.41 Å². The molecule has 5 nitrogen and oxygen atoms in total. The van der Waals surface area contributed by atoms with E-state index in [1.54, 1.807) is 12.1 Å². The Morgan fingerprint density at radius 3 is 2.26 bits per heavy atom. The first-order valence-electron chi connectivity index (χ1n) is 11.6. The Hall–Kier alpha value is -3.15. The Bertz CT molecular complexity index is 1470. The number of aromatic nitrogens is 2. The summed E-state index contributed by atoms with van der Waals surface area (Å²) in [7, 11) is 0. The summed E-state index contributed by atoms with van der Waals surface area (Å²) in [4.78, 5) is 23.8. The SMILES string of the molecule is CC1(C)C2CCC1(C(=O)Nc1ccc(Oc3ccccc3)cc1)c1nc3cc(Cl)c(Cl)cc3nc12. The summed E-state index contributed by atoms with van der Waals surface area (Å²) in [5.74, 6) is 1.55. The lowest BCUT2D eigenvalue weighted by atomic mass is 9.67. The number of benzene rings is 3. The van der Waals surface area contributed by atoms with Gasteiger partial charge in [0.05, 0.1) is 37.9 Å². The number of halogens is 2. The Labute approximate surface area is 213 Å². The lowest BCUT2D eigenvalue weighted by Crippen LogP contribution is -2.46. The van der Waals surface area contributed by atoms with Gasteiger partial charge in [-0.15, -0.1) is 0 Å². The zero-order valence-corrected chi connectivity index (χ0v) is 20.8. The molecule has 1 aromatic heterocycles. The number of nitrogens with one attached hydrogen (secondary N) is 1. The van der Waals surface area contributed by atoms with Gasteiger partial charge in [-0.2, -0.15) is 0 Å². The minimum atomic E-state index is -0.778. The maximum Gasteiger partial charge on any atom is 0.237 e. The van der Waals surface area contributed by atoms with Gasteiger partial charge in [-0.25, -0.2) is 9.97 Å². The fourth-order valence-electron chi connectivity index (χ4n) is 5.85. The second kappa shape index (κ2) is 7.94. The van der Waals surface area contributed by atoms with Crippen LogP contribution in [-0.4, -0.2) is 15.9 Å². The van der Waals surface area contributed by atoms with E-state index in [2.05, 4.69) is 19.2 Å². The average molecular weight is 504 g/mol. The lowest BCUT2D eigenvalue weighted by Gasteiger charge is -2.36. The molecule has 1 fully saturated rings. The summed E-state index contributed by atoms with van der Waals surface area (Å²) in [5, 5.41) is 4.02. The molecule has 2 aliphatic rings. The molecule has 0 saturated heterocycles. The van der Waals surface area contributed by atoms with E-state index in [9.17, 15) is 4.79 Å². The molecule has 6 rings (SSSR count). The van der Waals surface area contributed by atoms with E-state index in [0.717, 1.165) is 30.0 Å². The van der Waals surface area contributed by atoms with Crippen LogP contribution in [-0.2, 0) is 10.2 Å². The third-order valence-corrected chi connectivity index (χ3v) is 8.45. The minimum absolute atomic E-state index is 0.0609. The predicted molar refractivity (Wildman–Crippen MR) is 139 cm³/mol. The van der Waals surface area contributed by atoms with Crippen molar-refractivity contribution in [3.05, 3.63) is 88.2 Å². The molecule has 3 aromatic carbocycles. The number of hydrogen-bond donors (Lipinski definition) is 1. The molecule has 7 heteroatoms. The van der Waals surface area contributed by atoms with Gasteiger partial charge >= 0.3 is 0 Å². The van der Waals surface area contributed by atoms with Crippen molar-refractivity contribution in [3.63, 3.8) is 0 Å². The number of ether oxygens (including phenoxy) is 1. The molecule has 2 unspecified atom stereocenters. The summed E-state index contributed by atoms with van der Waals surface area (Å²) < 4.78 is 5.87. The van der Waals surface area contributed by atoms with Crippen LogP contribution in [0, 0.1) is 5.41 Å². The number of rotatable bonds is 4. The van der Waals surface area contributed by atoms with E-state index in [1.165, 1.54) is 0 Å². The highest BCUT2D eigenvalue weighted by atomic mass is 35.5. The first-order chi connectivity index (χ1) is 16.8. The quantitative estimate of drug-likeness (QED) is 0.312. The maximum absolute atomic E-state index is 13.9. The molecule has 176 valence electrons. The second-order valence-electron chi connectivity index (χ2n) is 9.82. The van der Waals surface area contributed by atoms with Gasteiger partial charge in [0.2, 0.25) is 5.91 Å². The molecule has 1 N–H and O–H groups in total. The standard InChI is InChI=1S/C28H23Cl2N3O2/c1-27(2)19-12-13-28(27,25-24(19)32-22-14-20(29)21(30)15-23(22)33-25)26(34)31-16-8-10-18(11-9-16)35-17-6-4-3-5-7-17/h3-11,14-15,19H,12-13H2,1-2H3,(H,31,34). The summed E-state index contributed by atoms with van der Waals surface area (Å²) in [6, 6.07) is 20.5. The summed E-state index contributed by atoms with van der Waals surface area (Å²) in [6.45, 7) is 4.30. The molecular weight excluding hydrogens is 481 g/mol. The fourth-order valence-corrected chi connectivity index (χ4v) is 6.16. The number of nitrogens with zero attached hydrogens (tertiary/aromatic N) is 2. The first kappa shape index (κ1) is 22.3.